The van der Waals surface area contributed by atoms with Gasteiger partial charge in [-0.2, -0.15) is 4.31 Å². The summed E-state index contributed by atoms with van der Waals surface area (Å²) in [5.41, 5.74) is 10.7. The molecule has 0 radical (unpaired) electrons. The summed E-state index contributed by atoms with van der Waals surface area (Å²) in [6.07, 6.45) is -1.34. The number of sulfone groups is 1. The predicted molar refractivity (Wildman–Crippen MR) is 175 cm³/mol. The highest BCUT2D eigenvalue weighted by Crippen LogP contribution is 2.36. The molecule has 4 aromatic rings. The Morgan fingerprint density at radius 3 is 2.02 bits per heavy atom. The number of benzene rings is 4. The fraction of sp³-hybridized carbons (Fsp3) is 0.312. The number of azide groups is 1. The number of phenols is 1. The summed E-state index contributed by atoms with van der Waals surface area (Å²) in [4.78, 5) is 3.89. The zero-order chi connectivity index (χ0) is 32.9. The molecular weight excluding hydrogens is 615 g/mol. The van der Waals surface area contributed by atoms with Crippen molar-refractivity contribution in [3.8, 4) is 5.75 Å². The molecule has 0 fully saturated rings. The first-order valence-electron chi connectivity index (χ1n) is 14.3. The van der Waals surface area contributed by atoms with Gasteiger partial charge in [-0.1, -0.05) is 67.5 Å². The summed E-state index contributed by atoms with van der Waals surface area (Å²) in [7, 11) is -5.14. The number of nitrogens with zero attached hydrogens (tertiary/aromatic N) is 5. The Bertz CT molecular complexity index is 1920. The highest BCUT2D eigenvalue weighted by atomic mass is 32.2. The Labute approximate surface area is 264 Å². The lowest BCUT2D eigenvalue weighted by Gasteiger charge is -2.29. The minimum Gasteiger partial charge on any atom is -0.508 e. The molecule has 0 amide bonds. The van der Waals surface area contributed by atoms with Crippen molar-refractivity contribution in [3.05, 3.63) is 101 Å². The van der Waals surface area contributed by atoms with E-state index in [2.05, 4.69) is 10.0 Å². The third kappa shape index (κ3) is 7.41. The fourth-order valence-corrected chi connectivity index (χ4v) is 9.13. The SMILES string of the molecule is CC(C)CN(CC(O)[C@H](Cc1ccc(O)cc1)N=[N+]=[N-])S(=O)(=O)c1ccccc1S(=O)(=O)c1cccc2c(N(C)C)cccc12. The first-order chi connectivity index (χ1) is 21.3. The lowest BCUT2D eigenvalue weighted by Crippen LogP contribution is -2.44. The number of aromatic hydroxyl groups is 1. The number of aliphatic hydroxyl groups excluding tert-OH is 1. The average Bonchev–Trinajstić information content (AvgIpc) is 3.00. The van der Waals surface area contributed by atoms with E-state index in [1.807, 2.05) is 31.1 Å². The molecule has 0 aliphatic carbocycles. The normalized spacial score (nSPS) is 13.5. The highest BCUT2D eigenvalue weighted by Gasteiger charge is 2.35. The zero-order valence-electron chi connectivity index (χ0n) is 25.5. The molecule has 0 bridgehead atoms. The molecule has 2 N–H and O–H groups in total. The van der Waals surface area contributed by atoms with Crippen LogP contribution in [0.25, 0.3) is 21.2 Å². The molecule has 2 atom stereocenters. The van der Waals surface area contributed by atoms with E-state index in [-0.39, 0.29) is 34.4 Å². The van der Waals surface area contributed by atoms with Gasteiger partial charge in [0.15, 0.2) is 0 Å². The molecule has 13 heteroatoms. The second-order valence-corrected chi connectivity index (χ2v) is 15.2. The molecule has 238 valence electrons. The smallest absolute Gasteiger partial charge is 0.244 e. The van der Waals surface area contributed by atoms with Crippen LogP contribution in [0.3, 0.4) is 0 Å². The van der Waals surface area contributed by atoms with Crippen molar-refractivity contribution in [1.82, 2.24) is 4.31 Å². The summed E-state index contributed by atoms with van der Waals surface area (Å²) in [5, 5.41) is 25.7. The molecule has 0 heterocycles. The maximum atomic E-state index is 14.3. The van der Waals surface area contributed by atoms with Crippen LogP contribution in [0, 0.1) is 5.92 Å². The van der Waals surface area contributed by atoms with Gasteiger partial charge in [-0.25, -0.2) is 16.8 Å². The van der Waals surface area contributed by atoms with E-state index >= 15 is 0 Å². The van der Waals surface area contributed by atoms with Crippen LogP contribution in [0.15, 0.2) is 105 Å². The molecule has 45 heavy (non-hydrogen) atoms. The van der Waals surface area contributed by atoms with Gasteiger partial charge in [-0.3, -0.25) is 0 Å². The lowest BCUT2D eigenvalue weighted by molar-refractivity contribution is 0.116. The van der Waals surface area contributed by atoms with Crippen LogP contribution in [0.4, 0.5) is 5.69 Å². The molecule has 0 aliphatic rings. The maximum absolute atomic E-state index is 14.3. The Hall–Kier alpha value is -4.13. The molecule has 0 saturated carbocycles. The van der Waals surface area contributed by atoms with Gasteiger partial charge in [0.2, 0.25) is 19.9 Å². The minimum absolute atomic E-state index is 0.0286. The van der Waals surface area contributed by atoms with Crippen LogP contribution in [0.1, 0.15) is 19.4 Å². The number of sulfonamides is 1. The van der Waals surface area contributed by atoms with E-state index in [4.69, 9.17) is 0 Å². The molecule has 0 aromatic heterocycles. The van der Waals surface area contributed by atoms with Crippen molar-refractivity contribution in [2.24, 2.45) is 11.0 Å². The van der Waals surface area contributed by atoms with Gasteiger partial charge in [0, 0.05) is 48.6 Å². The molecule has 4 rings (SSSR count). The van der Waals surface area contributed by atoms with E-state index in [0.717, 1.165) is 9.99 Å². The molecule has 1 unspecified atom stereocenters. The summed E-state index contributed by atoms with van der Waals surface area (Å²) >= 11 is 0. The second-order valence-electron chi connectivity index (χ2n) is 11.4. The predicted octanol–water partition coefficient (Wildman–Crippen LogP) is 5.37. The number of anilines is 1. The Morgan fingerprint density at radius 2 is 1.40 bits per heavy atom. The molecule has 4 aromatic carbocycles. The van der Waals surface area contributed by atoms with Crippen molar-refractivity contribution in [2.75, 3.05) is 32.1 Å². The highest BCUT2D eigenvalue weighted by molar-refractivity contribution is 7.93. The van der Waals surface area contributed by atoms with Crippen molar-refractivity contribution in [3.63, 3.8) is 0 Å². The molecule has 11 nitrogen and oxygen atoms in total. The van der Waals surface area contributed by atoms with Crippen molar-refractivity contribution in [2.45, 2.75) is 47.1 Å². The van der Waals surface area contributed by atoms with Gasteiger partial charge >= 0.3 is 0 Å². The number of hydrogen-bond donors (Lipinski definition) is 2. The summed E-state index contributed by atoms with van der Waals surface area (Å²) < 4.78 is 58.2. The quantitative estimate of drug-likeness (QED) is 0.111. The van der Waals surface area contributed by atoms with Crippen LogP contribution in [0.2, 0.25) is 0 Å². The van der Waals surface area contributed by atoms with Gasteiger partial charge < -0.3 is 15.1 Å². The first kappa shape index (κ1) is 33.8. The van der Waals surface area contributed by atoms with Gasteiger partial charge in [0.05, 0.1) is 21.9 Å². The molecular formula is C32H37N5O6S2. The van der Waals surface area contributed by atoms with Crippen LogP contribution >= 0.6 is 0 Å². The Balaban J connectivity index is 1.77. The second kappa shape index (κ2) is 13.9. The summed E-state index contributed by atoms with van der Waals surface area (Å²) in [6, 6.07) is 20.8. The van der Waals surface area contributed by atoms with Crippen LogP contribution in [0.5, 0.6) is 5.75 Å². The largest absolute Gasteiger partial charge is 0.508 e. The number of fused-ring (bicyclic) bond motifs is 1. The van der Waals surface area contributed by atoms with Gasteiger partial charge in [0.25, 0.3) is 0 Å². The molecule has 0 aliphatic heterocycles. The number of phenolic OH excluding ortho intramolecular Hbond substituents is 1. The van der Waals surface area contributed by atoms with Crippen LogP contribution in [-0.2, 0) is 26.3 Å². The maximum Gasteiger partial charge on any atom is 0.244 e. The van der Waals surface area contributed by atoms with Gasteiger partial charge in [-0.05, 0) is 59.8 Å². The molecule has 0 saturated heterocycles. The van der Waals surface area contributed by atoms with Crippen molar-refractivity contribution < 1.29 is 27.0 Å². The number of aliphatic hydroxyl groups is 1. The Kier molecular flexibility index (Phi) is 10.4. The molecule has 0 spiro atoms. The van der Waals surface area contributed by atoms with E-state index < -0.39 is 43.4 Å². The van der Waals surface area contributed by atoms with E-state index in [9.17, 15) is 32.6 Å². The summed E-state index contributed by atoms with van der Waals surface area (Å²) in [5.74, 6) is -0.141. The zero-order valence-corrected chi connectivity index (χ0v) is 27.1. The van der Waals surface area contributed by atoms with Crippen molar-refractivity contribution in [1.29, 1.82) is 0 Å². The monoisotopic (exact) mass is 651 g/mol. The fourth-order valence-electron chi connectivity index (χ4n) is 5.23. The topological polar surface area (TPSA) is 164 Å². The number of rotatable bonds is 13. The van der Waals surface area contributed by atoms with E-state index in [1.165, 1.54) is 42.5 Å². The van der Waals surface area contributed by atoms with Gasteiger partial charge in [0.1, 0.15) is 10.6 Å². The van der Waals surface area contributed by atoms with Crippen molar-refractivity contribution >= 4 is 36.3 Å². The van der Waals surface area contributed by atoms with E-state index in [1.54, 1.807) is 44.2 Å². The third-order valence-electron chi connectivity index (χ3n) is 7.37. The third-order valence-corrected chi connectivity index (χ3v) is 11.3. The van der Waals surface area contributed by atoms with Crippen LogP contribution < -0.4 is 4.90 Å². The number of hydrogen-bond acceptors (Lipinski definition) is 8. The standard InChI is InChI=1S/C32H37N5O6S2/c1-22(2)20-37(21-29(39)27(34-35-33)19-23-15-17-24(38)18-16-23)45(42,43)32-13-6-5-12-31(32)44(40,41)30-14-8-9-25-26(30)10-7-11-28(25)36(3)4/h5-18,22,27,29,38-39H,19-21H2,1-4H3/t27-,29?/m0/s1. The average molecular weight is 652 g/mol. The van der Waals surface area contributed by atoms with Gasteiger partial charge in [-0.15, -0.1) is 0 Å². The lowest BCUT2D eigenvalue weighted by atomic mass is 10.0. The van der Waals surface area contributed by atoms with E-state index in [0.29, 0.717) is 16.3 Å². The minimum atomic E-state index is -4.50. The Morgan fingerprint density at radius 1 is 0.800 bits per heavy atom. The first-order valence-corrected chi connectivity index (χ1v) is 17.2. The summed E-state index contributed by atoms with van der Waals surface area (Å²) in [6.45, 7) is 3.13. The van der Waals surface area contributed by atoms with Crippen LogP contribution in [-0.4, -0.2) is 70.7 Å².